The highest BCUT2D eigenvalue weighted by atomic mass is 35.5. The van der Waals surface area contributed by atoms with Gasteiger partial charge in [-0.1, -0.05) is 71.5 Å². The summed E-state index contributed by atoms with van der Waals surface area (Å²) < 4.78 is 10.2. The average molecular weight is 639 g/mol. The smallest absolute Gasteiger partial charge is 0.271 e. The summed E-state index contributed by atoms with van der Waals surface area (Å²) in [6.07, 6.45) is 1.98. The van der Waals surface area contributed by atoms with E-state index in [-0.39, 0.29) is 11.5 Å². The summed E-state index contributed by atoms with van der Waals surface area (Å²) in [4.78, 5) is 35.6. The maximum absolute atomic E-state index is 14.4. The molecule has 1 amide bonds. The number of benzene rings is 3. The molecule has 1 aliphatic heterocycles. The Balaban J connectivity index is 1.56. The van der Waals surface area contributed by atoms with Crippen molar-refractivity contribution in [1.82, 2.24) is 14.0 Å². The van der Waals surface area contributed by atoms with Crippen molar-refractivity contribution in [3.63, 3.8) is 0 Å². The van der Waals surface area contributed by atoms with E-state index in [2.05, 4.69) is 23.6 Å². The van der Waals surface area contributed by atoms with Gasteiger partial charge in [0.2, 0.25) is 0 Å². The highest BCUT2D eigenvalue weighted by molar-refractivity contribution is 7.07. The second-order valence-corrected chi connectivity index (χ2v) is 12.5. The number of carbonyl (C=O) groups is 1. The standard InChI is InChI=1S/C36H35ClN4O3S/c1-6-39(7-2)35(43)32-22(3)38-36-41(33(32)27-13-9-11-15-30(27)44-5)34(42)31(45-36)20-28-23(4)40(29-14-10-8-12-26(28)29)21-24-16-18-25(37)19-17-24/h8-20,33H,6-7,21H2,1-5H3/b31-20+/t33-/m0/s1. The fourth-order valence-corrected chi connectivity index (χ4v) is 7.36. The van der Waals surface area contributed by atoms with Gasteiger partial charge < -0.3 is 14.2 Å². The molecule has 1 atom stereocenters. The predicted molar refractivity (Wildman–Crippen MR) is 182 cm³/mol. The second-order valence-electron chi connectivity index (χ2n) is 11.0. The number of nitrogens with zero attached hydrogens (tertiary/aromatic N) is 4. The Morgan fingerprint density at radius 3 is 2.42 bits per heavy atom. The van der Waals surface area contributed by atoms with Crippen LogP contribution in [0.5, 0.6) is 5.75 Å². The molecular formula is C36H35ClN4O3S. The van der Waals surface area contributed by atoms with Crippen LogP contribution in [0.3, 0.4) is 0 Å². The van der Waals surface area contributed by atoms with Crippen molar-refractivity contribution in [1.29, 1.82) is 0 Å². The van der Waals surface area contributed by atoms with Gasteiger partial charge in [0.15, 0.2) is 4.80 Å². The summed E-state index contributed by atoms with van der Waals surface area (Å²) >= 11 is 7.49. The molecule has 3 aromatic carbocycles. The number of likely N-dealkylation sites (N-methyl/N-ethyl adjacent to an activating group) is 1. The number of allylic oxidation sites excluding steroid dienone is 1. The first kappa shape index (κ1) is 30.6. The molecule has 0 saturated carbocycles. The van der Waals surface area contributed by atoms with Gasteiger partial charge in [0.1, 0.15) is 11.8 Å². The first-order valence-electron chi connectivity index (χ1n) is 15.0. The fraction of sp³-hybridized carbons (Fsp3) is 0.250. The Morgan fingerprint density at radius 1 is 1.02 bits per heavy atom. The minimum absolute atomic E-state index is 0.132. The van der Waals surface area contributed by atoms with Crippen molar-refractivity contribution in [2.24, 2.45) is 4.99 Å². The van der Waals surface area contributed by atoms with Crippen LogP contribution in [-0.2, 0) is 11.3 Å². The van der Waals surface area contributed by atoms with Crippen molar-refractivity contribution in [2.75, 3.05) is 20.2 Å². The van der Waals surface area contributed by atoms with Crippen LogP contribution in [0, 0.1) is 6.92 Å². The number of para-hydroxylation sites is 2. The number of ether oxygens (including phenoxy) is 1. The molecule has 0 bridgehead atoms. The van der Waals surface area contributed by atoms with E-state index in [1.165, 1.54) is 11.3 Å². The minimum atomic E-state index is -0.681. The maximum atomic E-state index is 14.4. The van der Waals surface area contributed by atoms with Crippen LogP contribution >= 0.6 is 22.9 Å². The number of carbonyl (C=O) groups excluding carboxylic acids is 1. The maximum Gasteiger partial charge on any atom is 0.271 e. The predicted octanol–water partition coefficient (Wildman–Crippen LogP) is 6.08. The third kappa shape index (κ3) is 5.42. The normalized spacial score (nSPS) is 14.9. The minimum Gasteiger partial charge on any atom is -0.496 e. The van der Waals surface area contributed by atoms with Crippen LogP contribution in [0.2, 0.25) is 5.02 Å². The average Bonchev–Trinajstić information content (AvgIpc) is 3.50. The third-order valence-electron chi connectivity index (χ3n) is 8.55. The lowest BCUT2D eigenvalue weighted by atomic mass is 9.94. The van der Waals surface area contributed by atoms with Gasteiger partial charge in [0.05, 0.1) is 22.9 Å². The van der Waals surface area contributed by atoms with E-state index in [1.807, 2.05) is 87.5 Å². The first-order valence-corrected chi connectivity index (χ1v) is 16.2. The SMILES string of the molecule is CCN(CC)C(=O)C1=C(C)N=c2s/c(=C/c3c(C)n(Cc4ccc(Cl)cc4)c4ccccc34)c(=O)n2[C@H]1c1ccccc1OC. The Labute approximate surface area is 271 Å². The molecule has 3 heterocycles. The lowest BCUT2D eigenvalue weighted by Gasteiger charge is -2.29. The van der Waals surface area contributed by atoms with Gasteiger partial charge in [-0.05, 0) is 63.6 Å². The number of halogens is 1. The van der Waals surface area contributed by atoms with E-state index in [0.717, 1.165) is 33.3 Å². The summed E-state index contributed by atoms with van der Waals surface area (Å²) in [7, 11) is 1.60. The van der Waals surface area contributed by atoms with Gasteiger partial charge in [-0.25, -0.2) is 4.99 Å². The molecule has 45 heavy (non-hydrogen) atoms. The van der Waals surface area contributed by atoms with Crippen molar-refractivity contribution in [3.8, 4) is 5.75 Å². The summed E-state index contributed by atoms with van der Waals surface area (Å²) in [6, 6.07) is 23.0. The van der Waals surface area contributed by atoms with E-state index in [1.54, 1.807) is 16.6 Å². The molecule has 0 aliphatic carbocycles. The zero-order valence-corrected chi connectivity index (χ0v) is 27.6. The number of rotatable bonds is 8. The number of hydrogen-bond donors (Lipinski definition) is 0. The van der Waals surface area contributed by atoms with Crippen LogP contribution in [0.25, 0.3) is 17.0 Å². The van der Waals surface area contributed by atoms with Gasteiger partial charge in [0.25, 0.3) is 11.5 Å². The molecule has 5 aromatic rings. The summed E-state index contributed by atoms with van der Waals surface area (Å²) in [5, 5.41) is 1.76. The molecule has 230 valence electrons. The number of hydrogen-bond acceptors (Lipinski definition) is 5. The van der Waals surface area contributed by atoms with Crippen molar-refractivity contribution in [3.05, 3.63) is 131 Å². The fourth-order valence-electron chi connectivity index (χ4n) is 6.21. The number of amides is 1. The molecule has 0 spiro atoms. The lowest BCUT2D eigenvalue weighted by molar-refractivity contribution is -0.127. The number of aromatic nitrogens is 2. The van der Waals surface area contributed by atoms with Crippen LogP contribution < -0.4 is 19.6 Å². The molecule has 0 N–H and O–H groups in total. The molecule has 0 saturated heterocycles. The largest absolute Gasteiger partial charge is 0.496 e. The molecule has 7 nitrogen and oxygen atoms in total. The van der Waals surface area contributed by atoms with E-state index >= 15 is 0 Å². The van der Waals surface area contributed by atoms with E-state index < -0.39 is 6.04 Å². The van der Waals surface area contributed by atoms with E-state index in [0.29, 0.717) is 51.0 Å². The summed E-state index contributed by atoms with van der Waals surface area (Å²) in [5.74, 6) is 0.477. The van der Waals surface area contributed by atoms with Crippen LogP contribution in [0.15, 0.2) is 93.9 Å². The number of methoxy groups -OCH3 is 1. The number of thiazole rings is 1. The Kier molecular flexibility index (Phi) is 8.53. The van der Waals surface area contributed by atoms with Crippen LogP contribution in [0.1, 0.15) is 49.2 Å². The Bertz CT molecular complexity index is 2140. The zero-order chi connectivity index (χ0) is 31.8. The van der Waals surface area contributed by atoms with E-state index in [4.69, 9.17) is 21.3 Å². The highest BCUT2D eigenvalue weighted by Crippen LogP contribution is 2.36. The lowest BCUT2D eigenvalue weighted by Crippen LogP contribution is -2.43. The zero-order valence-electron chi connectivity index (χ0n) is 26.0. The van der Waals surface area contributed by atoms with Gasteiger partial charge in [-0.3, -0.25) is 14.2 Å². The molecule has 0 fully saturated rings. The van der Waals surface area contributed by atoms with Crippen LogP contribution in [0.4, 0.5) is 0 Å². The molecular weight excluding hydrogens is 604 g/mol. The first-order chi connectivity index (χ1) is 21.8. The molecule has 2 aromatic heterocycles. The topological polar surface area (TPSA) is 68.8 Å². The summed E-state index contributed by atoms with van der Waals surface area (Å²) in [6.45, 7) is 9.62. The second kappa shape index (κ2) is 12.5. The van der Waals surface area contributed by atoms with Gasteiger partial charge in [-0.15, -0.1) is 0 Å². The van der Waals surface area contributed by atoms with Crippen LogP contribution in [-0.4, -0.2) is 40.1 Å². The molecule has 9 heteroatoms. The molecule has 6 rings (SSSR count). The van der Waals surface area contributed by atoms with Gasteiger partial charge >= 0.3 is 0 Å². The monoisotopic (exact) mass is 638 g/mol. The quantitative estimate of drug-likeness (QED) is 0.207. The van der Waals surface area contributed by atoms with Gasteiger partial charge in [-0.2, -0.15) is 0 Å². The highest BCUT2D eigenvalue weighted by Gasteiger charge is 2.35. The van der Waals surface area contributed by atoms with Crippen molar-refractivity contribution in [2.45, 2.75) is 40.3 Å². The van der Waals surface area contributed by atoms with Gasteiger partial charge in [0, 0.05) is 52.4 Å². The third-order valence-corrected chi connectivity index (χ3v) is 9.78. The molecule has 1 aliphatic rings. The van der Waals surface area contributed by atoms with Crippen molar-refractivity contribution < 1.29 is 9.53 Å². The van der Waals surface area contributed by atoms with Crippen molar-refractivity contribution >= 4 is 45.8 Å². The Hall–Kier alpha value is -4.40. The van der Waals surface area contributed by atoms with E-state index in [9.17, 15) is 9.59 Å². The molecule has 0 radical (unpaired) electrons. The molecule has 0 unspecified atom stereocenters. The Morgan fingerprint density at radius 2 is 1.71 bits per heavy atom. The summed E-state index contributed by atoms with van der Waals surface area (Å²) in [5.41, 5.74) is 5.88. The number of fused-ring (bicyclic) bond motifs is 2.